The standard InChI is InChI=1S/2C58H48Si2/c1-59(2,3)41-32-40(33-42(34-41)60(4,5)6)53-35-54(46-25-13-19-37-16-7-10-22-43(37)46)50-30-31-52-56(48-27-15-21-39-18-9-12-24-45(39)48)36-55(51-29-28-49(53)57(50)58(51)52)47-26-14-20-38-17-8-11-23-44(38)47;1-59(2,3)47-32-46(33-48(34-47)60(4,5)6)56-36-55(45-24-21-39-15-9-12-18-42(39)31-45)51-26-25-49-53(43-22-19-37-13-7-10-16-40(37)29-43)35-54(50-27-28-52(56)58(51)57(49)50)44-23-20-38-14-8-11-17-41(38)30-44/h2*7-36H,1-6H3. The molecule has 22 rings (SSSR count). The van der Waals surface area contributed by atoms with E-state index in [0.717, 1.165) is 0 Å². The summed E-state index contributed by atoms with van der Waals surface area (Å²) in [4.78, 5) is 0. The van der Waals surface area contributed by atoms with E-state index in [1.165, 1.54) is 239 Å². The molecule has 0 fully saturated rings. The fourth-order valence-corrected chi connectivity index (χ4v) is 24.6. The molecule has 0 radical (unpaired) electrons. The first-order valence-corrected chi connectivity index (χ1v) is 56.8. The molecule has 0 saturated heterocycles. The number of fused-ring (bicyclic) bond motifs is 6. The van der Waals surface area contributed by atoms with Gasteiger partial charge in [0.15, 0.2) is 0 Å². The minimum Gasteiger partial charge on any atom is -0.0656 e. The maximum absolute atomic E-state index is 2.57. The predicted molar refractivity (Wildman–Crippen MR) is 541 cm³/mol. The molecule has 0 aliphatic carbocycles. The molecule has 0 aliphatic rings. The van der Waals surface area contributed by atoms with Gasteiger partial charge in [-0.15, -0.1) is 0 Å². The Bertz CT molecular complexity index is 7670. The van der Waals surface area contributed by atoms with Crippen LogP contribution in [0.5, 0.6) is 0 Å². The molecule has 0 spiro atoms. The van der Waals surface area contributed by atoms with Gasteiger partial charge in [0, 0.05) is 0 Å². The van der Waals surface area contributed by atoms with E-state index in [2.05, 4.69) is 443 Å². The highest BCUT2D eigenvalue weighted by atomic mass is 28.3. The number of benzene rings is 22. The molecule has 0 unspecified atom stereocenters. The van der Waals surface area contributed by atoms with E-state index in [1.54, 1.807) is 0 Å². The molecule has 0 atom stereocenters. The Morgan fingerprint density at radius 3 is 0.600 bits per heavy atom. The van der Waals surface area contributed by atoms with Crippen molar-refractivity contribution in [3.8, 4) is 89.0 Å². The molecule has 0 aromatic heterocycles. The Kier molecular flexibility index (Phi) is 17.8. The van der Waals surface area contributed by atoms with Crippen LogP contribution in [0.2, 0.25) is 78.6 Å². The predicted octanol–water partition coefficient (Wildman–Crippen LogP) is 31.6. The van der Waals surface area contributed by atoms with Crippen molar-refractivity contribution in [1.82, 2.24) is 0 Å². The van der Waals surface area contributed by atoms with Gasteiger partial charge in [-0.1, -0.05) is 421 Å². The molecule has 0 bridgehead atoms. The lowest BCUT2D eigenvalue weighted by molar-refractivity contribution is 1.63. The molecular weight excluding hydrogens is 1510 g/mol. The van der Waals surface area contributed by atoms with Crippen LogP contribution in [0.1, 0.15) is 0 Å². The summed E-state index contributed by atoms with van der Waals surface area (Å²) in [5.74, 6) is 0. The van der Waals surface area contributed by atoms with Crippen LogP contribution in [0.3, 0.4) is 0 Å². The second kappa shape index (κ2) is 28.5. The molecule has 0 nitrogen and oxygen atoms in total. The van der Waals surface area contributed by atoms with Gasteiger partial charge < -0.3 is 0 Å². The van der Waals surface area contributed by atoms with Crippen molar-refractivity contribution in [2.24, 2.45) is 0 Å². The lowest BCUT2D eigenvalue weighted by Gasteiger charge is -2.26. The molecule has 22 aromatic carbocycles. The second-order valence-corrected chi connectivity index (χ2v) is 58.2. The first-order chi connectivity index (χ1) is 58.0. The van der Waals surface area contributed by atoms with Gasteiger partial charge >= 0.3 is 0 Å². The summed E-state index contributed by atoms with van der Waals surface area (Å²) in [6.45, 7) is 29.9. The first kappa shape index (κ1) is 74.9. The van der Waals surface area contributed by atoms with Gasteiger partial charge in [0.1, 0.15) is 0 Å². The average molecular weight is 1600 g/mol. The van der Waals surface area contributed by atoms with Crippen molar-refractivity contribution in [3.05, 3.63) is 364 Å². The number of rotatable bonds is 12. The van der Waals surface area contributed by atoms with Gasteiger partial charge in [0.25, 0.3) is 0 Å². The Morgan fingerprint density at radius 1 is 0.125 bits per heavy atom. The minimum absolute atomic E-state index is 1.24. The Morgan fingerprint density at radius 2 is 0.333 bits per heavy atom. The third-order valence-electron chi connectivity index (χ3n) is 26.2. The van der Waals surface area contributed by atoms with Crippen LogP contribution in [-0.4, -0.2) is 32.3 Å². The molecule has 4 heteroatoms. The van der Waals surface area contributed by atoms with Gasteiger partial charge in [0.05, 0.1) is 32.3 Å². The summed E-state index contributed by atoms with van der Waals surface area (Å²) in [6.07, 6.45) is 0. The largest absolute Gasteiger partial charge is 0.0776 e. The number of hydrogen-bond donors (Lipinski definition) is 0. The van der Waals surface area contributed by atoms with Crippen LogP contribution < -0.4 is 20.7 Å². The highest BCUT2D eigenvalue weighted by molar-refractivity contribution is 6.92. The summed E-state index contributed by atoms with van der Waals surface area (Å²) < 4.78 is 0. The fourth-order valence-electron chi connectivity index (χ4n) is 19.6. The Hall–Kier alpha value is -12.7. The zero-order chi connectivity index (χ0) is 81.8. The van der Waals surface area contributed by atoms with Crippen molar-refractivity contribution in [3.63, 3.8) is 0 Å². The molecule has 0 heterocycles. The van der Waals surface area contributed by atoms with Crippen molar-refractivity contribution in [2.45, 2.75) is 78.6 Å². The summed E-state index contributed by atoms with van der Waals surface area (Å²) in [6, 6.07) is 139. The van der Waals surface area contributed by atoms with E-state index in [-0.39, 0.29) is 0 Å². The van der Waals surface area contributed by atoms with Crippen LogP contribution >= 0.6 is 0 Å². The molecule has 0 N–H and O–H groups in total. The van der Waals surface area contributed by atoms with E-state index < -0.39 is 32.3 Å². The topological polar surface area (TPSA) is 0 Å². The van der Waals surface area contributed by atoms with Gasteiger partial charge in [-0.05, 0) is 261 Å². The quantitative estimate of drug-likeness (QED) is 0.0845. The maximum atomic E-state index is 2.57. The molecule has 120 heavy (non-hydrogen) atoms. The SMILES string of the molecule is C[Si](C)(C)c1cc(-c2cc(-c3ccc4ccccc4c3)c3ccc4c(-c5ccc6ccccc6c5)cc(-c5ccc6ccccc6c5)c5ccc2c3c54)cc([Si](C)(C)C)c1.C[Si](C)(C)c1cc(-c2cc(-c3cccc4ccccc34)c3ccc4c(-c5cccc6ccccc56)cc(-c5cccc6ccccc56)c5ccc2c3c54)cc([Si](C)(C)C)c1. The van der Waals surface area contributed by atoms with Crippen LogP contribution in [0.4, 0.5) is 0 Å². The molecule has 0 aliphatic heterocycles. The summed E-state index contributed by atoms with van der Waals surface area (Å²) in [5.41, 5.74) is 20.5. The molecule has 0 saturated carbocycles. The lowest BCUT2D eigenvalue weighted by Crippen LogP contribution is -2.45. The van der Waals surface area contributed by atoms with Crippen molar-refractivity contribution in [2.75, 3.05) is 0 Å². The zero-order valence-electron chi connectivity index (χ0n) is 70.6. The van der Waals surface area contributed by atoms with Crippen molar-refractivity contribution < 1.29 is 0 Å². The lowest BCUT2D eigenvalue weighted by atomic mass is 9.80. The first-order valence-electron chi connectivity index (χ1n) is 42.8. The van der Waals surface area contributed by atoms with E-state index in [1.807, 2.05) is 0 Å². The summed E-state index contributed by atoms with van der Waals surface area (Å²) >= 11 is 0. The highest BCUT2D eigenvalue weighted by Gasteiger charge is 2.30. The van der Waals surface area contributed by atoms with E-state index in [4.69, 9.17) is 0 Å². The van der Waals surface area contributed by atoms with E-state index in [9.17, 15) is 0 Å². The monoisotopic (exact) mass is 1600 g/mol. The third kappa shape index (κ3) is 12.9. The normalized spacial score (nSPS) is 12.5. The third-order valence-corrected chi connectivity index (χ3v) is 34.3. The van der Waals surface area contributed by atoms with Crippen molar-refractivity contribution >= 4 is 182 Å². The smallest absolute Gasteiger partial charge is 0.0656 e. The second-order valence-electron chi connectivity index (χ2n) is 37.9. The van der Waals surface area contributed by atoms with Crippen molar-refractivity contribution in [1.29, 1.82) is 0 Å². The maximum Gasteiger partial charge on any atom is 0.0776 e. The number of hydrogen-bond acceptors (Lipinski definition) is 0. The molecule has 0 amide bonds. The Balaban J connectivity index is 0.000000148. The van der Waals surface area contributed by atoms with Gasteiger partial charge in [-0.2, -0.15) is 0 Å². The van der Waals surface area contributed by atoms with Gasteiger partial charge in [0.2, 0.25) is 0 Å². The molecular formula is C116H96Si4. The van der Waals surface area contributed by atoms with E-state index >= 15 is 0 Å². The van der Waals surface area contributed by atoms with Crippen LogP contribution in [0.25, 0.3) is 218 Å². The van der Waals surface area contributed by atoms with E-state index in [0.29, 0.717) is 0 Å². The summed E-state index contributed by atoms with van der Waals surface area (Å²) in [5, 5.41) is 37.1. The minimum atomic E-state index is -1.67. The van der Waals surface area contributed by atoms with Gasteiger partial charge in [-0.25, -0.2) is 0 Å². The highest BCUT2D eigenvalue weighted by Crippen LogP contribution is 2.53. The fraction of sp³-hybridized carbons (Fsp3) is 0.103. The summed E-state index contributed by atoms with van der Waals surface area (Å²) in [7, 11) is -6.64. The van der Waals surface area contributed by atoms with Gasteiger partial charge in [-0.3, -0.25) is 0 Å². The molecule has 576 valence electrons. The molecule has 22 aromatic rings. The van der Waals surface area contributed by atoms with Crippen LogP contribution in [0.15, 0.2) is 364 Å². The Labute approximate surface area is 708 Å². The van der Waals surface area contributed by atoms with Crippen LogP contribution in [-0.2, 0) is 0 Å². The average Bonchev–Trinajstić information content (AvgIpc) is 0.707. The zero-order valence-corrected chi connectivity index (χ0v) is 74.6. The van der Waals surface area contributed by atoms with Crippen LogP contribution in [0, 0.1) is 0 Å².